The van der Waals surface area contributed by atoms with Crippen molar-refractivity contribution < 1.29 is 4.74 Å². The van der Waals surface area contributed by atoms with Gasteiger partial charge in [0.2, 0.25) is 0 Å². The molecular weight excluding hydrogens is 236 g/mol. The summed E-state index contributed by atoms with van der Waals surface area (Å²) in [5.74, 6) is 0.779. The van der Waals surface area contributed by atoms with E-state index in [0.29, 0.717) is 5.15 Å². The number of rotatable bonds is 3. The first-order valence-corrected chi connectivity index (χ1v) is 5.66. The van der Waals surface area contributed by atoms with Crippen molar-refractivity contribution in [1.29, 1.82) is 0 Å². The first-order chi connectivity index (χ1) is 8.15. The third-order valence-corrected chi connectivity index (χ3v) is 2.64. The smallest absolute Gasteiger partial charge is 0.129 e. The highest BCUT2D eigenvalue weighted by Crippen LogP contribution is 2.22. The highest BCUT2D eigenvalue weighted by atomic mass is 35.5. The first kappa shape index (κ1) is 11.7. The number of nitrogens with two attached hydrogens (primary N) is 1. The van der Waals surface area contributed by atoms with Crippen LogP contribution < -0.4 is 10.5 Å². The lowest BCUT2D eigenvalue weighted by Gasteiger charge is -2.14. The molecule has 2 N–H and O–H groups in total. The molecule has 0 saturated heterocycles. The van der Waals surface area contributed by atoms with Gasteiger partial charge in [-0.1, -0.05) is 17.7 Å². The second-order valence-corrected chi connectivity index (χ2v) is 4.13. The summed E-state index contributed by atoms with van der Waals surface area (Å²) >= 11 is 5.73. The first-order valence-electron chi connectivity index (χ1n) is 5.29. The lowest BCUT2D eigenvalue weighted by atomic mass is 10.2. The third kappa shape index (κ3) is 3.11. The Morgan fingerprint density at radius 2 is 1.88 bits per heavy atom. The summed E-state index contributed by atoms with van der Waals surface area (Å²) in [5, 5.41) is 0.480. The van der Waals surface area contributed by atoms with E-state index in [1.54, 1.807) is 12.3 Å². The van der Waals surface area contributed by atoms with Crippen LogP contribution in [0.3, 0.4) is 0 Å². The summed E-state index contributed by atoms with van der Waals surface area (Å²) in [4.78, 5) is 4.02. The number of benzene rings is 1. The van der Waals surface area contributed by atoms with Gasteiger partial charge in [0, 0.05) is 17.4 Å². The van der Waals surface area contributed by atoms with Crippen molar-refractivity contribution in [2.45, 2.75) is 13.0 Å². The van der Waals surface area contributed by atoms with Crippen LogP contribution in [-0.4, -0.2) is 4.98 Å². The summed E-state index contributed by atoms with van der Waals surface area (Å²) in [6.45, 7) is 1.96. The largest absolute Gasteiger partial charge is 0.486 e. The van der Waals surface area contributed by atoms with Crippen molar-refractivity contribution >= 4 is 17.3 Å². The lowest BCUT2D eigenvalue weighted by molar-refractivity contribution is 0.226. The van der Waals surface area contributed by atoms with Crippen LogP contribution in [-0.2, 0) is 0 Å². The van der Waals surface area contributed by atoms with Gasteiger partial charge in [0.25, 0.3) is 0 Å². The third-order valence-electron chi connectivity index (χ3n) is 2.41. The zero-order chi connectivity index (χ0) is 12.3. The summed E-state index contributed by atoms with van der Waals surface area (Å²) in [5.41, 5.74) is 7.30. The van der Waals surface area contributed by atoms with Crippen molar-refractivity contribution in [2.24, 2.45) is 0 Å². The summed E-state index contributed by atoms with van der Waals surface area (Å²) in [7, 11) is 0. The van der Waals surface area contributed by atoms with E-state index in [-0.39, 0.29) is 6.10 Å². The highest BCUT2D eigenvalue weighted by molar-refractivity contribution is 6.29. The van der Waals surface area contributed by atoms with Gasteiger partial charge < -0.3 is 10.5 Å². The minimum absolute atomic E-state index is 0.0802. The molecule has 0 saturated carbocycles. The van der Waals surface area contributed by atoms with Crippen molar-refractivity contribution in [1.82, 2.24) is 4.98 Å². The lowest BCUT2D eigenvalue weighted by Crippen LogP contribution is -2.03. The monoisotopic (exact) mass is 248 g/mol. The van der Waals surface area contributed by atoms with Crippen LogP contribution in [0.15, 0.2) is 42.6 Å². The Morgan fingerprint density at radius 1 is 1.18 bits per heavy atom. The molecule has 3 nitrogen and oxygen atoms in total. The van der Waals surface area contributed by atoms with Gasteiger partial charge in [-0.05, 0) is 37.3 Å². The van der Waals surface area contributed by atoms with E-state index in [0.717, 1.165) is 17.0 Å². The molecule has 1 aromatic heterocycles. The molecular formula is C13H13ClN2O. The van der Waals surface area contributed by atoms with Crippen molar-refractivity contribution in [3.05, 3.63) is 53.3 Å². The van der Waals surface area contributed by atoms with E-state index in [1.807, 2.05) is 37.3 Å². The fourth-order valence-corrected chi connectivity index (χ4v) is 1.56. The molecule has 0 aliphatic rings. The molecule has 4 heteroatoms. The molecule has 88 valence electrons. The van der Waals surface area contributed by atoms with Gasteiger partial charge in [-0.2, -0.15) is 0 Å². The molecule has 0 fully saturated rings. The van der Waals surface area contributed by atoms with Gasteiger partial charge >= 0.3 is 0 Å². The maximum absolute atomic E-state index is 5.76. The standard InChI is InChI=1S/C13H13ClN2O/c1-9(10-2-7-13(14)16-8-10)17-12-5-3-11(15)4-6-12/h2-9H,15H2,1H3. The normalized spacial score (nSPS) is 12.1. The van der Waals surface area contributed by atoms with Crippen LogP contribution in [0.25, 0.3) is 0 Å². The number of hydrogen-bond acceptors (Lipinski definition) is 3. The fraction of sp³-hybridized carbons (Fsp3) is 0.154. The number of halogens is 1. The summed E-state index contributed by atoms with van der Waals surface area (Å²) in [6, 6.07) is 11.0. The zero-order valence-electron chi connectivity index (χ0n) is 9.43. The molecule has 0 aliphatic carbocycles. The molecule has 0 bridgehead atoms. The van der Waals surface area contributed by atoms with Gasteiger partial charge in [-0.15, -0.1) is 0 Å². The van der Waals surface area contributed by atoms with Crippen LogP contribution in [0.1, 0.15) is 18.6 Å². The molecule has 1 atom stereocenters. The molecule has 0 aliphatic heterocycles. The number of hydrogen-bond donors (Lipinski definition) is 1. The van der Waals surface area contributed by atoms with Gasteiger partial charge in [0.15, 0.2) is 0 Å². The Bertz CT molecular complexity index is 482. The molecule has 1 unspecified atom stereocenters. The van der Waals surface area contributed by atoms with E-state index in [1.165, 1.54) is 0 Å². The Balaban J connectivity index is 2.08. The molecule has 2 rings (SSSR count). The van der Waals surface area contributed by atoms with Crippen LogP contribution in [0.4, 0.5) is 5.69 Å². The molecule has 1 aromatic carbocycles. The quantitative estimate of drug-likeness (QED) is 0.669. The Kier molecular flexibility index (Phi) is 3.49. The zero-order valence-corrected chi connectivity index (χ0v) is 10.2. The van der Waals surface area contributed by atoms with E-state index in [4.69, 9.17) is 22.1 Å². The average molecular weight is 249 g/mol. The fourth-order valence-electron chi connectivity index (χ4n) is 1.45. The molecule has 17 heavy (non-hydrogen) atoms. The highest BCUT2D eigenvalue weighted by Gasteiger charge is 2.07. The Labute approximate surface area is 105 Å². The predicted molar refractivity (Wildman–Crippen MR) is 69.1 cm³/mol. The summed E-state index contributed by atoms with van der Waals surface area (Å²) < 4.78 is 5.76. The minimum Gasteiger partial charge on any atom is -0.486 e. The maximum Gasteiger partial charge on any atom is 0.129 e. The van der Waals surface area contributed by atoms with Gasteiger partial charge in [0.1, 0.15) is 17.0 Å². The van der Waals surface area contributed by atoms with Crippen molar-refractivity contribution in [3.8, 4) is 5.75 Å². The molecule has 0 amide bonds. The second kappa shape index (κ2) is 5.06. The Morgan fingerprint density at radius 3 is 2.47 bits per heavy atom. The van der Waals surface area contributed by atoms with E-state index < -0.39 is 0 Å². The SMILES string of the molecule is CC(Oc1ccc(N)cc1)c1ccc(Cl)nc1. The van der Waals surface area contributed by atoms with E-state index in [9.17, 15) is 0 Å². The number of nitrogen functional groups attached to an aromatic ring is 1. The second-order valence-electron chi connectivity index (χ2n) is 3.74. The van der Waals surface area contributed by atoms with Crippen molar-refractivity contribution in [3.63, 3.8) is 0 Å². The average Bonchev–Trinajstić information content (AvgIpc) is 2.33. The molecule has 1 heterocycles. The summed E-state index contributed by atoms with van der Waals surface area (Å²) in [6.07, 6.45) is 1.63. The number of nitrogens with zero attached hydrogens (tertiary/aromatic N) is 1. The van der Waals surface area contributed by atoms with Crippen molar-refractivity contribution in [2.75, 3.05) is 5.73 Å². The topological polar surface area (TPSA) is 48.1 Å². The number of anilines is 1. The number of aromatic nitrogens is 1. The van der Waals surface area contributed by atoms with Crippen LogP contribution >= 0.6 is 11.6 Å². The number of ether oxygens (including phenoxy) is 1. The van der Waals surface area contributed by atoms with Crippen LogP contribution in [0.2, 0.25) is 5.15 Å². The maximum atomic E-state index is 5.76. The minimum atomic E-state index is -0.0802. The number of pyridine rings is 1. The van der Waals surface area contributed by atoms with Gasteiger partial charge in [-0.3, -0.25) is 0 Å². The van der Waals surface area contributed by atoms with E-state index in [2.05, 4.69) is 4.98 Å². The van der Waals surface area contributed by atoms with E-state index >= 15 is 0 Å². The molecule has 2 aromatic rings. The van der Waals surface area contributed by atoms with Gasteiger partial charge in [0.05, 0.1) is 0 Å². The predicted octanol–water partition coefficient (Wildman–Crippen LogP) is 3.46. The van der Waals surface area contributed by atoms with Crippen LogP contribution in [0.5, 0.6) is 5.75 Å². The van der Waals surface area contributed by atoms with Gasteiger partial charge in [-0.25, -0.2) is 4.98 Å². The molecule has 0 radical (unpaired) electrons. The van der Waals surface area contributed by atoms with Crippen LogP contribution in [0, 0.1) is 0 Å². The Hall–Kier alpha value is -1.74. The molecule has 0 spiro atoms.